The minimum absolute atomic E-state index is 0.397. The van der Waals surface area contributed by atoms with Crippen LogP contribution in [0.5, 0.6) is 0 Å². The van der Waals surface area contributed by atoms with E-state index in [0.717, 1.165) is 41.5 Å². The number of hydrogen-bond donors (Lipinski definition) is 0. The highest BCUT2D eigenvalue weighted by Gasteiger charge is 2.33. The van der Waals surface area contributed by atoms with E-state index in [1.54, 1.807) is 11.3 Å². The summed E-state index contributed by atoms with van der Waals surface area (Å²) in [6, 6.07) is 0. The second-order valence-electron chi connectivity index (χ2n) is 7.79. The number of nitrogens with zero attached hydrogens (tertiary/aromatic N) is 5. The fourth-order valence-electron chi connectivity index (χ4n) is 4.08. The van der Waals surface area contributed by atoms with Crippen molar-refractivity contribution < 1.29 is 13.2 Å². The third-order valence-corrected chi connectivity index (χ3v) is 6.80. The number of aromatic nitrogens is 2. The van der Waals surface area contributed by atoms with E-state index < -0.39 is 12.7 Å². The van der Waals surface area contributed by atoms with E-state index in [2.05, 4.69) is 23.6 Å². The largest absolute Gasteiger partial charge is 0.401 e. The number of alkyl halides is 3. The zero-order valence-corrected chi connectivity index (χ0v) is 17.2. The van der Waals surface area contributed by atoms with Crippen LogP contribution >= 0.6 is 11.3 Å². The van der Waals surface area contributed by atoms with Gasteiger partial charge in [-0.05, 0) is 45.3 Å². The van der Waals surface area contributed by atoms with Gasteiger partial charge in [0.25, 0.3) is 0 Å². The molecule has 0 spiro atoms. The highest BCUT2D eigenvalue weighted by atomic mass is 32.1. The molecule has 0 amide bonds. The Balaban J connectivity index is 1.60. The molecule has 2 aromatic heterocycles. The van der Waals surface area contributed by atoms with Crippen molar-refractivity contribution in [2.24, 2.45) is 0 Å². The molecule has 0 atom stereocenters. The second-order valence-corrected chi connectivity index (χ2v) is 8.99. The summed E-state index contributed by atoms with van der Waals surface area (Å²) in [7, 11) is 0. The molecular formula is C19H26F3N5S. The molecule has 2 fully saturated rings. The van der Waals surface area contributed by atoms with E-state index in [1.807, 2.05) is 0 Å². The lowest BCUT2D eigenvalue weighted by Gasteiger charge is -2.36. The second kappa shape index (κ2) is 7.76. The number of rotatable bonds is 4. The van der Waals surface area contributed by atoms with Crippen LogP contribution in [-0.2, 0) is 6.54 Å². The van der Waals surface area contributed by atoms with Gasteiger partial charge >= 0.3 is 6.18 Å². The van der Waals surface area contributed by atoms with Gasteiger partial charge in [-0.2, -0.15) is 13.2 Å². The topological polar surface area (TPSA) is 35.5 Å². The molecule has 0 aromatic carbocycles. The van der Waals surface area contributed by atoms with E-state index in [4.69, 9.17) is 9.97 Å². The molecule has 2 aromatic rings. The Hall–Kier alpha value is -1.45. The van der Waals surface area contributed by atoms with Gasteiger partial charge in [-0.1, -0.05) is 0 Å². The Bertz CT molecular complexity index is 836. The summed E-state index contributed by atoms with van der Waals surface area (Å²) in [5.41, 5.74) is 1.18. The Morgan fingerprint density at radius 3 is 2.25 bits per heavy atom. The van der Waals surface area contributed by atoms with Crippen molar-refractivity contribution in [2.45, 2.75) is 39.4 Å². The van der Waals surface area contributed by atoms with Gasteiger partial charge in [-0.3, -0.25) is 9.80 Å². The van der Waals surface area contributed by atoms with Crippen LogP contribution in [0.1, 0.15) is 29.1 Å². The third kappa shape index (κ3) is 4.26. The van der Waals surface area contributed by atoms with Crippen molar-refractivity contribution in [1.29, 1.82) is 0 Å². The van der Waals surface area contributed by atoms with Crippen molar-refractivity contribution in [3.8, 4) is 0 Å². The fourth-order valence-corrected chi connectivity index (χ4v) is 5.13. The minimum atomic E-state index is -4.14. The summed E-state index contributed by atoms with van der Waals surface area (Å²) >= 11 is 1.68. The van der Waals surface area contributed by atoms with Crippen molar-refractivity contribution in [1.82, 2.24) is 19.8 Å². The molecule has 4 heterocycles. The molecule has 0 radical (unpaired) electrons. The van der Waals surface area contributed by atoms with Gasteiger partial charge in [0.2, 0.25) is 0 Å². The van der Waals surface area contributed by atoms with Crippen molar-refractivity contribution in [3.05, 3.63) is 16.3 Å². The molecule has 2 saturated heterocycles. The standard InChI is InChI=1S/C19H26F3N5S/c1-13-14(2)28-18-16(13)17(23-15(24-18)11-25-5-3-4-6-25)27-9-7-26(8-10-27)12-19(20,21)22/h3-12H2,1-2H3. The average Bonchev–Trinajstić information content (AvgIpc) is 3.22. The molecular weight excluding hydrogens is 387 g/mol. The average molecular weight is 414 g/mol. The number of hydrogen-bond acceptors (Lipinski definition) is 6. The summed E-state index contributed by atoms with van der Waals surface area (Å²) in [6.07, 6.45) is -1.71. The minimum Gasteiger partial charge on any atom is -0.353 e. The van der Waals surface area contributed by atoms with E-state index in [-0.39, 0.29) is 0 Å². The van der Waals surface area contributed by atoms with Crippen molar-refractivity contribution >= 4 is 27.4 Å². The van der Waals surface area contributed by atoms with E-state index >= 15 is 0 Å². The smallest absolute Gasteiger partial charge is 0.353 e. The fraction of sp³-hybridized carbons (Fsp3) is 0.684. The summed E-state index contributed by atoms with van der Waals surface area (Å²) < 4.78 is 38.1. The van der Waals surface area contributed by atoms with Gasteiger partial charge in [-0.25, -0.2) is 9.97 Å². The van der Waals surface area contributed by atoms with E-state index in [1.165, 1.54) is 28.2 Å². The maximum absolute atomic E-state index is 12.7. The molecule has 0 saturated carbocycles. The Morgan fingerprint density at radius 1 is 0.929 bits per heavy atom. The van der Waals surface area contributed by atoms with Gasteiger partial charge in [0, 0.05) is 31.1 Å². The van der Waals surface area contributed by atoms with Crippen molar-refractivity contribution in [3.63, 3.8) is 0 Å². The van der Waals surface area contributed by atoms with Gasteiger partial charge in [-0.15, -0.1) is 11.3 Å². The zero-order chi connectivity index (χ0) is 19.9. The lowest BCUT2D eigenvalue weighted by atomic mass is 10.2. The Morgan fingerprint density at radius 2 is 1.61 bits per heavy atom. The molecule has 0 aliphatic carbocycles. The third-order valence-electron chi connectivity index (χ3n) is 5.69. The number of halogens is 3. The SMILES string of the molecule is Cc1sc2nc(CN3CCCC3)nc(N3CCN(CC(F)(F)F)CC3)c2c1C. The van der Waals surface area contributed by atoms with Crippen LogP contribution in [-0.4, -0.2) is 71.8 Å². The molecule has 0 bridgehead atoms. The highest BCUT2D eigenvalue weighted by Crippen LogP contribution is 2.35. The molecule has 9 heteroatoms. The van der Waals surface area contributed by atoms with Gasteiger partial charge in [0.05, 0.1) is 18.5 Å². The number of fused-ring (bicyclic) bond motifs is 1. The molecule has 0 unspecified atom stereocenters. The predicted molar refractivity (Wildman–Crippen MR) is 106 cm³/mol. The zero-order valence-electron chi connectivity index (χ0n) is 16.3. The summed E-state index contributed by atoms with van der Waals surface area (Å²) in [5, 5.41) is 1.07. The Labute approximate surface area is 167 Å². The molecule has 28 heavy (non-hydrogen) atoms. The molecule has 154 valence electrons. The number of aryl methyl sites for hydroxylation is 2. The quantitative estimate of drug-likeness (QED) is 0.766. The van der Waals surface area contributed by atoms with Crippen LogP contribution in [0.25, 0.3) is 10.2 Å². The first kappa shape index (κ1) is 19.8. The van der Waals surface area contributed by atoms with Crippen LogP contribution < -0.4 is 4.90 Å². The Kier molecular flexibility index (Phi) is 5.50. The molecule has 2 aliphatic rings. The van der Waals surface area contributed by atoms with Gasteiger partial charge in [0.1, 0.15) is 16.5 Å². The van der Waals surface area contributed by atoms with Crippen molar-refractivity contribution in [2.75, 3.05) is 50.7 Å². The lowest BCUT2D eigenvalue weighted by molar-refractivity contribution is -0.146. The van der Waals surface area contributed by atoms with Crippen LogP contribution in [0.3, 0.4) is 0 Å². The van der Waals surface area contributed by atoms with Crippen LogP contribution in [0, 0.1) is 13.8 Å². The molecule has 4 rings (SSSR count). The van der Waals surface area contributed by atoms with E-state index in [0.29, 0.717) is 26.2 Å². The maximum atomic E-state index is 12.7. The normalized spacial score (nSPS) is 19.8. The first-order chi connectivity index (χ1) is 13.3. The van der Waals surface area contributed by atoms with Crippen LogP contribution in [0.15, 0.2) is 0 Å². The monoisotopic (exact) mass is 413 g/mol. The van der Waals surface area contributed by atoms with Gasteiger partial charge in [0.15, 0.2) is 0 Å². The van der Waals surface area contributed by atoms with Gasteiger partial charge < -0.3 is 4.90 Å². The first-order valence-corrected chi connectivity index (χ1v) is 10.6. The number of anilines is 1. The van der Waals surface area contributed by atoms with Crippen LogP contribution in [0.2, 0.25) is 0 Å². The molecule has 5 nitrogen and oxygen atoms in total. The maximum Gasteiger partial charge on any atom is 0.401 e. The van der Waals surface area contributed by atoms with Crippen LogP contribution in [0.4, 0.5) is 19.0 Å². The predicted octanol–water partition coefficient (Wildman–Crippen LogP) is 3.59. The number of thiophene rings is 1. The molecule has 0 N–H and O–H groups in total. The molecule has 2 aliphatic heterocycles. The first-order valence-electron chi connectivity index (χ1n) is 9.83. The summed E-state index contributed by atoms with van der Waals surface area (Å²) in [5.74, 6) is 1.72. The van der Waals surface area contributed by atoms with E-state index in [9.17, 15) is 13.2 Å². The summed E-state index contributed by atoms with van der Waals surface area (Å²) in [4.78, 5) is 17.9. The highest BCUT2D eigenvalue weighted by molar-refractivity contribution is 7.18. The summed E-state index contributed by atoms with van der Waals surface area (Å²) in [6.45, 7) is 8.14. The number of likely N-dealkylation sites (tertiary alicyclic amines) is 1. The number of piperazine rings is 1. The lowest BCUT2D eigenvalue weighted by Crippen LogP contribution is -2.49.